The van der Waals surface area contributed by atoms with Crippen molar-refractivity contribution in [1.82, 2.24) is 0 Å². The lowest BCUT2D eigenvalue weighted by Crippen LogP contribution is -2.48. The first-order valence-electron chi connectivity index (χ1n) is 14.9. The summed E-state index contributed by atoms with van der Waals surface area (Å²) in [5, 5.41) is 51.9. The highest BCUT2D eigenvalue weighted by Crippen LogP contribution is 2.25. The summed E-state index contributed by atoms with van der Waals surface area (Å²) in [4.78, 5) is 10.7. The lowest BCUT2D eigenvalue weighted by Gasteiger charge is -2.36. The molecule has 0 rings (SSSR count). The molecule has 8 nitrogen and oxygen atoms in total. The molecule has 0 radical (unpaired) electrons. The second-order valence-electron chi connectivity index (χ2n) is 12.5. The van der Waals surface area contributed by atoms with Crippen LogP contribution in [0.25, 0.3) is 0 Å². The van der Waals surface area contributed by atoms with Crippen LogP contribution in [0.15, 0.2) is 0 Å². The van der Waals surface area contributed by atoms with Crippen molar-refractivity contribution in [3.8, 4) is 0 Å². The van der Waals surface area contributed by atoms with Crippen LogP contribution >= 0.6 is 0 Å². The zero-order valence-electron chi connectivity index (χ0n) is 25.3. The summed E-state index contributed by atoms with van der Waals surface area (Å²) in [7, 11) is 0. The molecular formula is C30H60O8. The van der Waals surface area contributed by atoms with Crippen molar-refractivity contribution in [2.75, 3.05) is 0 Å². The first kappa shape index (κ1) is 37.2. The van der Waals surface area contributed by atoms with Crippen molar-refractivity contribution in [3.63, 3.8) is 0 Å². The Bertz CT molecular complexity index is 598. The van der Waals surface area contributed by atoms with Crippen LogP contribution in [0.4, 0.5) is 0 Å². The van der Waals surface area contributed by atoms with Crippen LogP contribution in [-0.4, -0.2) is 79.3 Å². The van der Waals surface area contributed by atoms with E-state index in [4.69, 9.17) is 14.6 Å². The van der Waals surface area contributed by atoms with Gasteiger partial charge < -0.3 is 35.0 Å². The van der Waals surface area contributed by atoms with Crippen molar-refractivity contribution < 1.29 is 39.8 Å². The Kier molecular flexibility index (Phi) is 18.9. The molecule has 0 heterocycles. The lowest BCUT2D eigenvalue weighted by molar-refractivity contribution is -0.170. The van der Waals surface area contributed by atoms with Crippen LogP contribution in [0.2, 0.25) is 0 Å². The molecular weight excluding hydrogens is 488 g/mol. The van der Waals surface area contributed by atoms with Gasteiger partial charge in [-0.15, -0.1) is 0 Å². The second-order valence-corrected chi connectivity index (χ2v) is 12.5. The Morgan fingerprint density at radius 1 is 0.684 bits per heavy atom. The second kappa shape index (κ2) is 19.3. The summed E-state index contributed by atoms with van der Waals surface area (Å²) in [5.41, 5.74) is -1.83. The van der Waals surface area contributed by atoms with Crippen LogP contribution in [0, 0.1) is 0 Å². The summed E-state index contributed by atoms with van der Waals surface area (Å²) >= 11 is 0. The molecule has 0 aromatic carbocycles. The molecule has 38 heavy (non-hydrogen) atoms. The molecule has 0 fully saturated rings. The van der Waals surface area contributed by atoms with Gasteiger partial charge in [-0.05, 0) is 60.8 Å². The number of aliphatic hydroxyl groups excluding tert-OH is 2. The van der Waals surface area contributed by atoms with Gasteiger partial charge >= 0.3 is 5.97 Å². The molecule has 0 amide bonds. The smallest absolute Gasteiger partial charge is 0.303 e. The normalized spacial score (nSPS) is 17.6. The highest BCUT2D eigenvalue weighted by Gasteiger charge is 2.35. The molecule has 0 aromatic rings. The Hall–Kier alpha value is -0.770. The van der Waals surface area contributed by atoms with Gasteiger partial charge in [-0.2, -0.15) is 0 Å². The van der Waals surface area contributed by atoms with E-state index < -0.39 is 41.6 Å². The van der Waals surface area contributed by atoms with Gasteiger partial charge in [0.25, 0.3) is 0 Å². The minimum atomic E-state index is -1.17. The van der Waals surface area contributed by atoms with E-state index in [2.05, 4.69) is 6.92 Å². The zero-order chi connectivity index (χ0) is 29.4. The molecule has 0 aliphatic rings. The highest BCUT2D eigenvalue weighted by atomic mass is 16.5. The van der Waals surface area contributed by atoms with Gasteiger partial charge in [0.1, 0.15) is 12.2 Å². The third-order valence-electron chi connectivity index (χ3n) is 6.72. The molecule has 0 saturated heterocycles. The van der Waals surface area contributed by atoms with Crippen molar-refractivity contribution in [2.24, 2.45) is 0 Å². The highest BCUT2D eigenvalue weighted by molar-refractivity contribution is 5.66. The monoisotopic (exact) mass is 548 g/mol. The van der Waals surface area contributed by atoms with E-state index in [9.17, 15) is 25.2 Å². The molecule has 6 unspecified atom stereocenters. The maximum absolute atomic E-state index is 11.3. The fraction of sp³-hybridized carbons (Fsp3) is 0.967. The minimum absolute atomic E-state index is 0.177. The van der Waals surface area contributed by atoms with E-state index in [0.717, 1.165) is 51.4 Å². The number of carbonyl (C=O) groups is 1. The molecule has 0 saturated carbocycles. The Labute approximate surface area is 232 Å². The van der Waals surface area contributed by atoms with Crippen LogP contribution in [-0.2, 0) is 14.3 Å². The standard InChI is InChI=1S/C30H60O8/c1-8-9-10-14-17-24(37-22(2)20-29(4,5)35)27(33)28(34)25(38-23(3)21-30(6,7)36)18-15-12-11-13-16-19-26(31)32/h22-25,27-28,33-36H,8-21H2,1-7H3,(H,31,32). The van der Waals surface area contributed by atoms with E-state index in [1.807, 2.05) is 13.8 Å². The third kappa shape index (κ3) is 20.2. The molecule has 0 bridgehead atoms. The van der Waals surface area contributed by atoms with Gasteiger partial charge in [-0.25, -0.2) is 0 Å². The molecule has 228 valence electrons. The maximum atomic E-state index is 11.3. The minimum Gasteiger partial charge on any atom is -0.481 e. The molecule has 6 atom stereocenters. The average molecular weight is 549 g/mol. The number of hydrogen-bond donors (Lipinski definition) is 5. The number of hydrogen-bond acceptors (Lipinski definition) is 7. The van der Waals surface area contributed by atoms with Crippen molar-refractivity contribution in [1.29, 1.82) is 0 Å². The first-order valence-corrected chi connectivity index (χ1v) is 14.9. The van der Waals surface area contributed by atoms with E-state index in [1.54, 1.807) is 27.7 Å². The number of aliphatic carboxylic acids is 1. The third-order valence-corrected chi connectivity index (χ3v) is 6.72. The number of rotatable bonds is 24. The van der Waals surface area contributed by atoms with Crippen molar-refractivity contribution in [2.45, 2.75) is 186 Å². The number of unbranched alkanes of at least 4 members (excludes halogenated alkanes) is 7. The Balaban J connectivity index is 5.37. The summed E-state index contributed by atoms with van der Waals surface area (Å²) < 4.78 is 12.4. The summed E-state index contributed by atoms with van der Waals surface area (Å²) in [6, 6.07) is 0. The predicted octanol–water partition coefficient (Wildman–Crippen LogP) is 5.36. The number of ether oxygens (including phenoxy) is 2. The summed E-state index contributed by atoms with van der Waals surface area (Å²) in [6.07, 6.45) is 6.05. The van der Waals surface area contributed by atoms with E-state index in [0.29, 0.717) is 32.1 Å². The van der Waals surface area contributed by atoms with Gasteiger partial charge in [0.05, 0.1) is 35.6 Å². The van der Waals surface area contributed by atoms with Gasteiger partial charge in [0.15, 0.2) is 0 Å². The zero-order valence-corrected chi connectivity index (χ0v) is 25.3. The number of carboxylic acids is 1. The lowest BCUT2D eigenvalue weighted by atomic mass is 9.94. The number of carboxylic acid groups (broad SMARTS) is 1. The summed E-state index contributed by atoms with van der Waals surface area (Å²) in [6.45, 7) is 12.8. The largest absolute Gasteiger partial charge is 0.481 e. The maximum Gasteiger partial charge on any atom is 0.303 e. The van der Waals surface area contributed by atoms with Gasteiger partial charge in [0.2, 0.25) is 0 Å². The topological polar surface area (TPSA) is 137 Å². The van der Waals surface area contributed by atoms with Crippen LogP contribution < -0.4 is 0 Å². The van der Waals surface area contributed by atoms with Crippen molar-refractivity contribution >= 4 is 5.97 Å². The van der Waals surface area contributed by atoms with Gasteiger partial charge in [-0.1, -0.05) is 58.3 Å². The van der Waals surface area contributed by atoms with Crippen LogP contribution in [0.5, 0.6) is 0 Å². The fourth-order valence-corrected chi connectivity index (χ4v) is 5.10. The van der Waals surface area contributed by atoms with Crippen molar-refractivity contribution in [3.05, 3.63) is 0 Å². The van der Waals surface area contributed by atoms with Gasteiger partial charge in [0, 0.05) is 19.3 Å². The van der Waals surface area contributed by atoms with E-state index in [-0.39, 0.29) is 18.6 Å². The molecule has 0 spiro atoms. The van der Waals surface area contributed by atoms with E-state index in [1.165, 1.54) is 0 Å². The Morgan fingerprint density at radius 2 is 1.05 bits per heavy atom. The first-order chi connectivity index (χ1) is 17.6. The SMILES string of the molecule is CCCCCCC(OC(C)CC(C)(C)O)C(O)C(O)C(CCCCCCCC(=O)O)OC(C)CC(C)(C)O. The molecule has 0 aromatic heterocycles. The molecule has 0 aliphatic heterocycles. The number of aliphatic hydroxyl groups is 4. The molecule has 0 aliphatic carbocycles. The average Bonchev–Trinajstić information content (AvgIpc) is 2.76. The fourth-order valence-electron chi connectivity index (χ4n) is 5.10. The molecule has 5 N–H and O–H groups in total. The quantitative estimate of drug-likeness (QED) is 0.102. The van der Waals surface area contributed by atoms with Crippen LogP contribution in [0.1, 0.15) is 138 Å². The van der Waals surface area contributed by atoms with Gasteiger partial charge in [-0.3, -0.25) is 4.79 Å². The summed E-state index contributed by atoms with van der Waals surface area (Å²) in [5.74, 6) is -0.778. The predicted molar refractivity (Wildman–Crippen MR) is 151 cm³/mol. The van der Waals surface area contributed by atoms with Crippen LogP contribution in [0.3, 0.4) is 0 Å². The Morgan fingerprint density at radius 3 is 1.42 bits per heavy atom. The molecule has 8 heteroatoms. The van der Waals surface area contributed by atoms with E-state index >= 15 is 0 Å².